The minimum absolute atomic E-state index is 0.0245. The predicted octanol–water partition coefficient (Wildman–Crippen LogP) is 16.8. The van der Waals surface area contributed by atoms with Gasteiger partial charge in [0.25, 0.3) is 0 Å². The first-order valence-electron chi connectivity index (χ1n) is 24.8. The summed E-state index contributed by atoms with van der Waals surface area (Å²) in [5.41, 5.74) is 24.9. The van der Waals surface area contributed by atoms with E-state index < -0.39 is 24.1 Å². The van der Waals surface area contributed by atoms with E-state index in [0.29, 0.717) is 11.1 Å². The summed E-state index contributed by atoms with van der Waals surface area (Å²) in [6, 6.07) is 32.8. The van der Waals surface area contributed by atoms with Crippen LogP contribution in [0.1, 0.15) is 185 Å². The van der Waals surface area contributed by atoms with Crippen LogP contribution in [0.25, 0.3) is 32.0 Å². The molecule has 2 unspecified atom stereocenters. The molecule has 0 radical (unpaired) electrons. The number of ether oxygens (including phenoxy) is 2. The smallest absolute Gasteiger partial charge is 0.339 e. The molecule has 0 aromatic heterocycles. The largest absolute Gasteiger partial charge is 0.449 e. The SMILES string of the molecule is CCCCCCCCCCCCc1ccc(C2=C(N=[N+]=[N-])C(OC(=O)c3ccccc3)C(c3ccc(CCCCCCCCCCCC)cc3)=C(N=[N+]=[N-])C2OC(=O)c2ccccc2)cc1. The Hall–Kier alpha value is -6.08. The lowest BCUT2D eigenvalue weighted by Gasteiger charge is -2.35. The van der Waals surface area contributed by atoms with Crippen LogP contribution < -0.4 is 0 Å². The van der Waals surface area contributed by atoms with E-state index >= 15 is 0 Å². The van der Waals surface area contributed by atoms with Gasteiger partial charge in [0.1, 0.15) is 0 Å². The van der Waals surface area contributed by atoms with Crippen LogP contribution in [0.5, 0.6) is 0 Å². The van der Waals surface area contributed by atoms with Gasteiger partial charge >= 0.3 is 11.9 Å². The molecule has 1 aliphatic rings. The molecule has 2 atom stereocenters. The summed E-state index contributed by atoms with van der Waals surface area (Å²) in [7, 11) is 0. The van der Waals surface area contributed by atoms with E-state index in [1.165, 1.54) is 103 Å². The standard InChI is InChI=1S/C56H70N6O4/c1-3-5-7-9-11-13-15-17-19-23-29-43-35-39-45(40-36-43)49-51(59-61-57)54(66-56(64)48-33-27-22-28-34-48)50(52(60-62-58)53(49)65-55(63)47-31-25-21-26-32-47)46-41-37-44(38-42-46)30-24-20-18-16-14-12-10-8-6-4-2/h21-22,25-28,31-42,53-54H,3-20,23-24,29-30H2,1-2H3. The van der Waals surface area contributed by atoms with E-state index in [-0.39, 0.29) is 33.7 Å². The van der Waals surface area contributed by atoms with Gasteiger partial charge in [-0.2, -0.15) is 0 Å². The van der Waals surface area contributed by atoms with E-state index in [2.05, 4.69) is 33.9 Å². The molecule has 0 aliphatic heterocycles. The molecule has 66 heavy (non-hydrogen) atoms. The first kappa shape index (κ1) is 50.9. The molecule has 4 aromatic rings. The van der Waals surface area contributed by atoms with Gasteiger partial charge in [-0.05, 0) is 83.3 Å². The maximum absolute atomic E-state index is 14.0. The summed E-state index contributed by atoms with van der Waals surface area (Å²) in [5.74, 6) is -1.35. The van der Waals surface area contributed by atoms with Crippen molar-refractivity contribution in [2.45, 2.75) is 167 Å². The van der Waals surface area contributed by atoms with Crippen molar-refractivity contribution in [3.8, 4) is 0 Å². The molecule has 0 saturated heterocycles. The van der Waals surface area contributed by atoms with Gasteiger partial charge in [0.2, 0.25) is 0 Å². The van der Waals surface area contributed by atoms with E-state index in [1.807, 2.05) is 48.5 Å². The molecule has 10 heteroatoms. The average Bonchev–Trinajstić information content (AvgIpc) is 3.35. The molecule has 10 nitrogen and oxygen atoms in total. The van der Waals surface area contributed by atoms with Crippen molar-refractivity contribution in [2.24, 2.45) is 10.2 Å². The number of aryl methyl sites for hydroxylation is 2. The van der Waals surface area contributed by atoms with Crippen LogP contribution >= 0.6 is 0 Å². The third-order valence-corrected chi connectivity index (χ3v) is 12.5. The monoisotopic (exact) mass is 891 g/mol. The molecular weight excluding hydrogens is 821 g/mol. The quantitative estimate of drug-likeness (QED) is 0.0168. The number of rotatable bonds is 30. The van der Waals surface area contributed by atoms with Crippen molar-refractivity contribution >= 4 is 23.1 Å². The molecule has 0 heterocycles. The molecule has 1 aliphatic carbocycles. The molecule has 0 saturated carbocycles. The van der Waals surface area contributed by atoms with Gasteiger partial charge in [-0.25, -0.2) is 9.59 Å². The number of unbranched alkanes of at least 4 members (excludes halogenated alkanes) is 18. The molecule has 0 N–H and O–H groups in total. The number of hydrogen-bond acceptors (Lipinski definition) is 6. The van der Waals surface area contributed by atoms with Gasteiger partial charge in [0.05, 0.1) is 22.5 Å². The van der Waals surface area contributed by atoms with Crippen molar-refractivity contribution in [1.29, 1.82) is 0 Å². The number of nitrogens with zero attached hydrogens (tertiary/aromatic N) is 6. The third-order valence-electron chi connectivity index (χ3n) is 12.5. The minimum Gasteiger partial charge on any atom is -0.449 e. The Balaban J connectivity index is 1.47. The third kappa shape index (κ3) is 16.1. The zero-order valence-corrected chi connectivity index (χ0v) is 39.4. The molecule has 0 fully saturated rings. The highest BCUT2D eigenvalue weighted by Gasteiger charge is 2.41. The van der Waals surface area contributed by atoms with Crippen LogP contribution in [0.3, 0.4) is 0 Å². The van der Waals surface area contributed by atoms with Crippen LogP contribution in [-0.2, 0) is 22.3 Å². The average molecular weight is 891 g/mol. The normalized spacial score (nSPS) is 14.6. The van der Waals surface area contributed by atoms with E-state index in [1.54, 1.807) is 60.7 Å². The first-order chi connectivity index (χ1) is 32.5. The predicted molar refractivity (Wildman–Crippen MR) is 267 cm³/mol. The fourth-order valence-corrected chi connectivity index (χ4v) is 8.80. The van der Waals surface area contributed by atoms with Crippen LogP contribution in [-0.4, -0.2) is 24.1 Å². The van der Waals surface area contributed by atoms with Crippen LogP contribution in [0.15, 0.2) is 131 Å². The summed E-state index contributed by atoms with van der Waals surface area (Å²) < 4.78 is 12.7. The second kappa shape index (κ2) is 29.5. The lowest BCUT2D eigenvalue weighted by atomic mass is 9.81. The van der Waals surface area contributed by atoms with Crippen molar-refractivity contribution in [2.75, 3.05) is 0 Å². The van der Waals surface area contributed by atoms with Crippen LogP contribution in [0.2, 0.25) is 0 Å². The zero-order valence-electron chi connectivity index (χ0n) is 39.4. The van der Waals surface area contributed by atoms with E-state index in [4.69, 9.17) is 9.47 Å². The molecule has 5 rings (SSSR count). The second-order valence-corrected chi connectivity index (χ2v) is 17.5. The Morgan fingerprint density at radius 1 is 0.439 bits per heavy atom. The lowest BCUT2D eigenvalue weighted by Crippen LogP contribution is -2.34. The maximum Gasteiger partial charge on any atom is 0.339 e. The zero-order chi connectivity index (χ0) is 46.6. The maximum atomic E-state index is 14.0. The van der Waals surface area contributed by atoms with Gasteiger partial charge in [-0.3, -0.25) is 0 Å². The summed E-state index contributed by atoms with van der Waals surface area (Å²) in [5, 5.41) is 8.46. The van der Waals surface area contributed by atoms with Gasteiger partial charge in [-0.15, -0.1) is 0 Å². The van der Waals surface area contributed by atoms with E-state index in [9.17, 15) is 20.7 Å². The molecular formula is C56H70N6O4. The van der Waals surface area contributed by atoms with Crippen molar-refractivity contribution < 1.29 is 19.1 Å². The Morgan fingerprint density at radius 3 is 1.05 bits per heavy atom. The van der Waals surface area contributed by atoms with Gasteiger partial charge in [0, 0.05) is 21.0 Å². The molecule has 348 valence electrons. The van der Waals surface area contributed by atoms with Crippen molar-refractivity contribution in [1.82, 2.24) is 0 Å². The second-order valence-electron chi connectivity index (χ2n) is 17.5. The summed E-state index contributed by atoms with van der Waals surface area (Å²) in [6.45, 7) is 4.49. The fraction of sp³-hybridized carbons (Fsp3) is 0.464. The first-order valence-corrected chi connectivity index (χ1v) is 24.8. The van der Waals surface area contributed by atoms with Crippen LogP contribution in [0.4, 0.5) is 0 Å². The molecule has 0 amide bonds. The highest BCUT2D eigenvalue weighted by atomic mass is 16.6. The number of benzene rings is 4. The number of azide groups is 2. The van der Waals surface area contributed by atoms with Crippen molar-refractivity contribution in [3.05, 3.63) is 175 Å². The molecule has 4 aromatic carbocycles. The van der Waals surface area contributed by atoms with E-state index in [0.717, 1.165) is 49.7 Å². The summed E-state index contributed by atoms with van der Waals surface area (Å²) in [6.07, 6.45) is 24.2. The number of hydrogen-bond donors (Lipinski definition) is 0. The topological polar surface area (TPSA) is 150 Å². The molecule has 0 spiro atoms. The number of esters is 2. The number of carbonyl (C=O) groups is 2. The highest BCUT2D eigenvalue weighted by Crippen LogP contribution is 2.45. The van der Waals surface area contributed by atoms with Crippen LogP contribution in [0, 0.1) is 0 Å². The Bertz CT molecular complexity index is 2080. The Kier molecular flexibility index (Phi) is 22.7. The number of carbonyl (C=O) groups excluding carboxylic acids is 2. The Labute approximate surface area is 393 Å². The summed E-state index contributed by atoms with van der Waals surface area (Å²) in [4.78, 5) is 34.5. The Morgan fingerprint density at radius 2 is 0.742 bits per heavy atom. The highest BCUT2D eigenvalue weighted by molar-refractivity contribution is 5.96. The summed E-state index contributed by atoms with van der Waals surface area (Å²) >= 11 is 0. The lowest BCUT2D eigenvalue weighted by molar-refractivity contribution is 0.0403. The van der Waals surface area contributed by atoms with Gasteiger partial charge < -0.3 is 9.47 Å². The fourth-order valence-electron chi connectivity index (χ4n) is 8.80. The van der Waals surface area contributed by atoms with Gasteiger partial charge in [-0.1, -0.05) is 225 Å². The van der Waals surface area contributed by atoms with Crippen molar-refractivity contribution in [3.63, 3.8) is 0 Å². The van der Waals surface area contributed by atoms with Gasteiger partial charge in [0.15, 0.2) is 12.2 Å². The minimum atomic E-state index is -1.34. The molecule has 0 bridgehead atoms.